The van der Waals surface area contributed by atoms with Gasteiger partial charge in [0.1, 0.15) is 0 Å². The number of nitriles is 1. The molecule has 21 heavy (non-hydrogen) atoms. The molecule has 1 heterocycles. The van der Waals surface area contributed by atoms with Crippen molar-refractivity contribution in [2.75, 3.05) is 0 Å². The summed E-state index contributed by atoms with van der Waals surface area (Å²) in [7, 11) is 0. The molecule has 1 saturated carbocycles. The third-order valence-electron chi connectivity index (χ3n) is 4.30. The number of nitrogens with zero attached hydrogens (tertiary/aromatic N) is 1. The lowest BCUT2D eigenvalue weighted by Gasteiger charge is -2.24. The van der Waals surface area contributed by atoms with Gasteiger partial charge in [0.2, 0.25) is 0 Å². The molecule has 1 unspecified atom stereocenters. The van der Waals surface area contributed by atoms with Crippen molar-refractivity contribution in [1.82, 2.24) is 5.32 Å². The van der Waals surface area contributed by atoms with Gasteiger partial charge in [0, 0.05) is 17.5 Å². The molecule has 1 aromatic carbocycles. The van der Waals surface area contributed by atoms with E-state index in [2.05, 4.69) is 35.0 Å². The Bertz CT molecular complexity index is 606. The maximum atomic E-state index is 8.99. The fourth-order valence-electron chi connectivity index (χ4n) is 3.24. The van der Waals surface area contributed by atoms with Gasteiger partial charge in [-0.15, -0.1) is 11.3 Å². The van der Waals surface area contributed by atoms with Crippen LogP contribution in [0.5, 0.6) is 0 Å². The number of thiophene rings is 1. The van der Waals surface area contributed by atoms with Crippen LogP contribution in [-0.2, 0) is 6.54 Å². The molecule has 0 spiro atoms. The monoisotopic (exact) mass is 296 g/mol. The molecule has 3 rings (SSSR count). The molecule has 2 aromatic rings. The maximum Gasteiger partial charge on any atom is 0.0991 e. The third kappa shape index (κ3) is 3.53. The van der Waals surface area contributed by atoms with Gasteiger partial charge in [0.25, 0.3) is 0 Å². The molecule has 0 radical (unpaired) electrons. The van der Waals surface area contributed by atoms with Gasteiger partial charge in [-0.3, -0.25) is 0 Å². The van der Waals surface area contributed by atoms with Crippen molar-refractivity contribution in [3.8, 4) is 6.07 Å². The lowest BCUT2D eigenvalue weighted by molar-refractivity contribution is 0.371. The summed E-state index contributed by atoms with van der Waals surface area (Å²) in [5.41, 5.74) is 1.93. The Balaban J connectivity index is 1.71. The van der Waals surface area contributed by atoms with E-state index in [9.17, 15) is 0 Å². The van der Waals surface area contributed by atoms with Crippen molar-refractivity contribution in [2.24, 2.45) is 5.92 Å². The molecular weight excluding hydrogens is 276 g/mol. The highest BCUT2D eigenvalue weighted by atomic mass is 32.1. The summed E-state index contributed by atoms with van der Waals surface area (Å²) >= 11 is 1.85. The number of rotatable bonds is 5. The third-order valence-corrected chi connectivity index (χ3v) is 5.26. The van der Waals surface area contributed by atoms with Crippen LogP contribution in [0.1, 0.15) is 47.7 Å². The molecular formula is C18H20N2S. The van der Waals surface area contributed by atoms with E-state index in [0.717, 1.165) is 18.0 Å². The highest BCUT2D eigenvalue weighted by Crippen LogP contribution is 2.37. The first-order chi connectivity index (χ1) is 10.4. The number of nitrogens with one attached hydrogen (secondary N) is 1. The van der Waals surface area contributed by atoms with Gasteiger partial charge in [-0.05, 0) is 47.9 Å². The molecule has 1 N–H and O–H groups in total. The van der Waals surface area contributed by atoms with Crippen molar-refractivity contribution in [1.29, 1.82) is 5.26 Å². The van der Waals surface area contributed by atoms with Crippen LogP contribution in [0.4, 0.5) is 0 Å². The zero-order valence-electron chi connectivity index (χ0n) is 12.1. The largest absolute Gasteiger partial charge is 0.305 e. The summed E-state index contributed by atoms with van der Waals surface area (Å²) < 4.78 is 0. The Hall–Kier alpha value is -1.63. The van der Waals surface area contributed by atoms with Gasteiger partial charge >= 0.3 is 0 Å². The van der Waals surface area contributed by atoms with Gasteiger partial charge in [-0.1, -0.05) is 31.0 Å². The molecule has 1 aliphatic rings. The number of benzene rings is 1. The quantitative estimate of drug-likeness (QED) is 0.872. The second kappa shape index (κ2) is 6.89. The van der Waals surface area contributed by atoms with Crippen LogP contribution in [-0.4, -0.2) is 0 Å². The molecule has 0 bridgehead atoms. The van der Waals surface area contributed by atoms with Crippen LogP contribution in [0.25, 0.3) is 0 Å². The highest BCUT2D eigenvalue weighted by molar-refractivity contribution is 7.10. The highest BCUT2D eigenvalue weighted by Gasteiger charge is 2.26. The topological polar surface area (TPSA) is 35.8 Å². The van der Waals surface area contributed by atoms with Gasteiger partial charge in [0.15, 0.2) is 0 Å². The van der Waals surface area contributed by atoms with E-state index in [1.165, 1.54) is 36.1 Å². The molecule has 2 nitrogen and oxygen atoms in total. The van der Waals surface area contributed by atoms with Crippen molar-refractivity contribution >= 4 is 11.3 Å². The minimum absolute atomic E-state index is 0.457. The molecule has 1 fully saturated rings. The molecule has 1 aliphatic carbocycles. The smallest absolute Gasteiger partial charge is 0.0991 e. The maximum absolute atomic E-state index is 8.99. The van der Waals surface area contributed by atoms with Crippen LogP contribution in [0.15, 0.2) is 41.8 Å². The first-order valence-corrected chi connectivity index (χ1v) is 8.50. The van der Waals surface area contributed by atoms with Crippen molar-refractivity contribution in [3.63, 3.8) is 0 Å². The zero-order valence-corrected chi connectivity index (χ0v) is 12.9. The second-order valence-corrected chi connectivity index (χ2v) is 6.71. The lowest BCUT2D eigenvalue weighted by Crippen LogP contribution is -2.26. The van der Waals surface area contributed by atoms with Gasteiger partial charge in [-0.25, -0.2) is 0 Å². The Kier molecular flexibility index (Phi) is 4.69. The Labute approximate surface area is 130 Å². The van der Waals surface area contributed by atoms with E-state index >= 15 is 0 Å². The Morgan fingerprint density at radius 2 is 2.10 bits per heavy atom. The summed E-state index contributed by atoms with van der Waals surface area (Å²) in [4.78, 5) is 1.44. The van der Waals surface area contributed by atoms with E-state index in [0.29, 0.717) is 6.04 Å². The van der Waals surface area contributed by atoms with Crippen LogP contribution in [0.2, 0.25) is 0 Å². The molecule has 0 saturated heterocycles. The molecule has 3 heteroatoms. The minimum Gasteiger partial charge on any atom is -0.305 e. The van der Waals surface area contributed by atoms with Crippen molar-refractivity contribution in [2.45, 2.75) is 38.3 Å². The summed E-state index contributed by atoms with van der Waals surface area (Å²) in [6.45, 7) is 0.828. The SMILES string of the molecule is N#Cc1cccc(CNC(c2cccs2)C2CCCC2)c1. The zero-order chi connectivity index (χ0) is 14.5. The molecule has 0 aliphatic heterocycles. The van der Waals surface area contributed by atoms with Crippen LogP contribution < -0.4 is 5.32 Å². The fraction of sp³-hybridized carbons (Fsp3) is 0.389. The summed E-state index contributed by atoms with van der Waals surface area (Å²) in [5.74, 6) is 0.753. The lowest BCUT2D eigenvalue weighted by atomic mass is 9.96. The van der Waals surface area contributed by atoms with Crippen molar-refractivity contribution < 1.29 is 0 Å². The standard InChI is InChI=1S/C18H20N2S/c19-12-14-5-3-6-15(11-14)13-20-18(16-7-1-2-8-16)17-9-4-10-21-17/h3-6,9-11,16,18,20H,1-2,7-8,13H2. The minimum atomic E-state index is 0.457. The fourth-order valence-corrected chi connectivity index (χ4v) is 4.13. The average Bonchev–Trinajstić information content (AvgIpc) is 3.21. The number of hydrogen-bond donors (Lipinski definition) is 1. The first kappa shape index (κ1) is 14.3. The summed E-state index contributed by atoms with van der Waals surface area (Å²) in [5, 5.41) is 14.9. The predicted molar refractivity (Wildman–Crippen MR) is 87.0 cm³/mol. The number of hydrogen-bond acceptors (Lipinski definition) is 3. The summed E-state index contributed by atoms with van der Waals surface area (Å²) in [6, 6.07) is 14.9. The second-order valence-electron chi connectivity index (χ2n) is 5.73. The van der Waals surface area contributed by atoms with E-state index in [4.69, 9.17) is 5.26 Å². The van der Waals surface area contributed by atoms with Crippen LogP contribution in [0, 0.1) is 17.2 Å². The average molecular weight is 296 g/mol. The van der Waals surface area contributed by atoms with Gasteiger partial charge < -0.3 is 5.32 Å². The van der Waals surface area contributed by atoms with E-state index < -0.39 is 0 Å². The van der Waals surface area contributed by atoms with Gasteiger partial charge in [-0.2, -0.15) is 5.26 Å². The summed E-state index contributed by atoms with van der Waals surface area (Å²) in [6.07, 6.45) is 5.37. The van der Waals surface area contributed by atoms with E-state index in [-0.39, 0.29) is 0 Å². The van der Waals surface area contributed by atoms with Crippen molar-refractivity contribution in [3.05, 3.63) is 57.8 Å². The van der Waals surface area contributed by atoms with Crippen LogP contribution >= 0.6 is 11.3 Å². The first-order valence-electron chi connectivity index (χ1n) is 7.62. The molecule has 1 atom stereocenters. The van der Waals surface area contributed by atoms with Gasteiger partial charge in [0.05, 0.1) is 11.6 Å². The van der Waals surface area contributed by atoms with Crippen LogP contribution in [0.3, 0.4) is 0 Å². The predicted octanol–water partition coefficient (Wildman–Crippen LogP) is 4.64. The Morgan fingerprint density at radius 3 is 2.81 bits per heavy atom. The normalized spacial score (nSPS) is 16.7. The molecule has 0 amide bonds. The Morgan fingerprint density at radius 1 is 1.24 bits per heavy atom. The van der Waals surface area contributed by atoms with E-state index in [1.54, 1.807) is 0 Å². The molecule has 108 valence electrons. The van der Waals surface area contributed by atoms with E-state index in [1.807, 2.05) is 29.5 Å². The molecule has 1 aromatic heterocycles.